The number of hydrogen-bond donors (Lipinski definition) is 2. The van der Waals surface area contributed by atoms with Gasteiger partial charge in [0.2, 0.25) is 5.91 Å². The van der Waals surface area contributed by atoms with Gasteiger partial charge in [-0.1, -0.05) is 0 Å². The van der Waals surface area contributed by atoms with Gasteiger partial charge < -0.3 is 10.6 Å². The van der Waals surface area contributed by atoms with E-state index in [9.17, 15) is 4.79 Å². The van der Waals surface area contributed by atoms with Gasteiger partial charge in [0.05, 0.1) is 5.41 Å². The number of aryl methyl sites for hydroxylation is 2. The smallest absolute Gasteiger partial charge is 0.227 e. The lowest BCUT2D eigenvalue weighted by Crippen LogP contribution is -2.41. The van der Waals surface area contributed by atoms with E-state index < -0.39 is 5.41 Å². The van der Waals surface area contributed by atoms with E-state index in [2.05, 4.69) is 20.6 Å². The first-order valence-electron chi connectivity index (χ1n) is 7.82. The second kappa shape index (κ2) is 6.41. The Morgan fingerprint density at radius 1 is 1.24 bits per heavy atom. The fourth-order valence-corrected chi connectivity index (χ4v) is 2.65. The van der Waals surface area contributed by atoms with Crippen LogP contribution in [0.4, 0.5) is 5.82 Å². The lowest BCUT2D eigenvalue weighted by molar-refractivity contribution is -0.128. The Labute approximate surface area is 127 Å². The van der Waals surface area contributed by atoms with Gasteiger partial charge in [-0.15, -0.1) is 0 Å². The highest BCUT2D eigenvalue weighted by atomic mass is 16.2. The molecule has 1 aliphatic rings. The molecule has 2 rings (SSSR count). The molecule has 0 saturated heterocycles. The van der Waals surface area contributed by atoms with Crippen LogP contribution in [0, 0.1) is 12.3 Å². The molecule has 1 aliphatic carbocycles. The average Bonchev–Trinajstić information content (AvgIpc) is 2.45. The van der Waals surface area contributed by atoms with Crippen molar-refractivity contribution >= 4 is 11.7 Å². The summed E-state index contributed by atoms with van der Waals surface area (Å²) in [6, 6.07) is 0. The van der Waals surface area contributed by atoms with E-state index in [1.807, 2.05) is 27.7 Å². The van der Waals surface area contributed by atoms with E-state index in [1.165, 1.54) is 24.1 Å². The summed E-state index contributed by atoms with van der Waals surface area (Å²) in [4.78, 5) is 21.2. The van der Waals surface area contributed by atoms with E-state index in [0.717, 1.165) is 24.5 Å². The van der Waals surface area contributed by atoms with Crippen molar-refractivity contribution in [3.8, 4) is 0 Å². The summed E-state index contributed by atoms with van der Waals surface area (Å²) >= 11 is 0. The Hall–Kier alpha value is -1.65. The number of hydrogen-bond acceptors (Lipinski definition) is 4. The maximum atomic E-state index is 12.1. The molecule has 1 heterocycles. The third kappa shape index (κ3) is 3.71. The zero-order chi connectivity index (χ0) is 15.5. The number of nitrogens with one attached hydrogen (secondary N) is 2. The van der Waals surface area contributed by atoms with Gasteiger partial charge in [0.15, 0.2) is 0 Å². The molecule has 5 heteroatoms. The summed E-state index contributed by atoms with van der Waals surface area (Å²) in [5.74, 6) is 1.78. The summed E-state index contributed by atoms with van der Waals surface area (Å²) in [6.07, 6.45) is 4.45. The first-order chi connectivity index (χ1) is 9.94. The highest BCUT2D eigenvalue weighted by Crippen LogP contribution is 2.26. The van der Waals surface area contributed by atoms with Crippen molar-refractivity contribution in [2.75, 3.05) is 18.4 Å². The average molecular weight is 290 g/mol. The number of rotatable bonds is 5. The molecule has 0 unspecified atom stereocenters. The van der Waals surface area contributed by atoms with Gasteiger partial charge >= 0.3 is 0 Å². The molecule has 116 valence electrons. The molecule has 1 aromatic rings. The second-order valence-corrected chi connectivity index (χ2v) is 6.35. The van der Waals surface area contributed by atoms with E-state index >= 15 is 0 Å². The fourth-order valence-electron chi connectivity index (χ4n) is 2.65. The van der Waals surface area contributed by atoms with Crippen LogP contribution in [0.15, 0.2) is 0 Å². The van der Waals surface area contributed by atoms with Gasteiger partial charge in [-0.2, -0.15) is 0 Å². The van der Waals surface area contributed by atoms with Crippen molar-refractivity contribution < 1.29 is 4.79 Å². The van der Waals surface area contributed by atoms with Crippen molar-refractivity contribution in [3.05, 3.63) is 17.1 Å². The minimum Gasteiger partial charge on any atom is -0.369 e. The van der Waals surface area contributed by atoms with Gasteiger partial charge in [0.25, 0.3) is 0 Å². The predicted octanol–water partition coefficient (Wildman–Crippen LogP) is 2.24. The quantitative estimate of drug-likeness (QED) is 0.872. The number of anilines is 1. The topological polar surface area (TPSA) is 66.9 Å². The van der Waals surface area contributed by atoms with E-state index in [1.54, 1.807) is 0 Å². The molecular formula is C16H26N4O. The Morgan fingerprint density at radius 3 is 2.67 bits per heavy atom. The number of carbonyl (C=O) groups is 1. The van der Waals surface area contributed by atoms with Crippen LogP contribution in [-0.4, -0.2) is 29.0 Å². The molecule has 0 saturated carbocycles. The number of carbonyl (C=O) groups excluding carboxylic acids is 1. The second-order valence-electron chi connectivity index (χ2n) is 6.35. The highest BCUT2D eigenvalue weighted by Gasteiger charge is 2.27. The van der Waals surface area contributed by atoms with Crippen LogP contribution in [0.25, 0.3) is 0 Å². The Morgan fingerprint density at radius 2 is 1.95 bits per heavy atom. The highest BCUT2D eigenvalue weighted by molar-refractivity contribution is 5.82. The van der Waals surface area contributed by atoms with Crippen LogP contribution in [0.2, 0.25) is 0 Å². The van der Waals surface area contributed by atoms with Crippen molar-refractivity contribution in [1.29, 1.82) is 0 Å². The summed E-state index contributed by atoms with van der Waals surface area (Å²) < 4.78 is 0. The van der Waals surface area contributed by atoms with Crippen molar-refractivity contribution in [2.24, 2.45) is 5.41 Å². The molecule has 0 aromatic carbocycles. The van der Waals surface area contributed by atoms with E-state index in [-0.39, 0.29) is 5.91 Å². The monoisotopic (exact) mass is 290 g/mol. The summed E-state index contributed by atoms with van der Waals surface area (Å²) in [5, 5.41) is 6.27. The molecule has 0 spiro atoms. The molecule has 5 nitrogen and oxygen atoms in total. The molecule has 2 N–H and O–H groups in total. The van der Waals surface area contributed by atoms with Crippen LogP contribution in [0.5, 0.6) is 0 Å². The molecule has 0 fully saturated rings. The largest absolute Gasteiger partial charge is 0.369 e. The van der Waals surface area contributed by atoms with Gasteiger partial charge in [0.1, 0.15) is 11.6 Å². The fraction of sp³-hybridized carbons (Fsp3) is 0.688. The van der Waals surface area contributed by atoms with Crippen LogP contribution in [0.1, 0.15) is 50.7 Å². The molecule has 0 bridgehead atoms. The van der Waals surface area contributed by atoms with Crippen LogP contribution < -0.4 is 10.6 Å². The van der Waals surface area contributed by atoms with Crippen LogP contribution in [-0.2, 0) is 17.6 Å². The third-order valence-corrected chi connectivity index (χ3v) is 3.94. The molecule has 1 aromatic heterocycles. The molecule has 0 atom stereocenters. The van der Waals surface area contributed by atoms with Gasteiger partial charge in [0, 0.05) is 24.3 Å². The van der Waals surface area contributed by atoms with Crippen LogP contribution in [0.3, 0.4) is 0 Å². The first-order valence-corrected chi connectivity index (χ1v) is 7.82. The van der Waals surface area contributed by atoms with Gasteiger partial charge in [-0.25, -0.2) is 9.97 Å². The van der Waals surface area contributed by atoms with Crippen molar-refractivity contribution in [1.82, 2.24) is 15.3 Å². The summed E-state index contributed by atoms with van der Waals surface area (Å²) in [6.45, 7) is 8.99. The zero-order valence-corrected chi connectivity index (χ0v) is 13.5. The summed E-state index contributed by atoms with van der Waals surface area (Å²) in [7, 11) is 0. The lowest BCUT2D eigenvalue weighted by Gasteiger charge is -2.26. The normalized spacial score (nSPS) is 14.5. The number of aromatic nitrogens is 2. The minimum absolute atomic E-state index is 0.0668. The number of nitrogens with zero attached hydrogens (tertiary/aromatic N) is 2. The van der Waals surface area contributed by atoms with Crippen LogP contribution >= 0.6 is 0 Å². The number of amides is 1. The molecular weight excluding hydrogens is 264 g/mol. The van der Waals surface area contributed by atoms with E-state index in [4.69, 9.17) is 0 Å². The minimum atomic E-state index is -0.462. The van der Waals surface area contributed by atoms with Gasteiger partial charge in [-0.3, -0.25) is 4.79 Å². The predicted molar refractivity (Wildman–Crippen MR) is 84.4 cm³/mol. The van der Waals surface area contributed by atoms with E-state index in [0.29, 0.717) is 13.1 Å². The zero-order valence-electron chi connectivity index (χ0n) is 13.5. The van der Waals surface area contributed by atoms with Gasteiger partial charge in [-0.05, 0) is 53.4 Å². The first kappa shape index (κ1) is 15.7. The Balaban J connectivity index is 2.13. The Kier molecular flexibility index (Phi) is 4.80. The molecule has 1 amide bonds. The van der Waals surface area contributed by atoms with Crippen molar-refractivity contribution in [3.63, 3.8) is 0 Å². The lowest BCUT2D eigenvalue weighted by atomic mass is 9.91. The summed E-state index contributed by atoms with van der Waals surface area (Å²) in [5.41, 5.74) is 1.95. The third-order valence-electron chi connectivity index (χ3n) is 3.94. The van der Waals surface area contributed by atoms with Crippen molar-refractivity contribution in [2.45, 2.75) is 53.4 Å². The molecule has 0 aliphatic heterocycles. The Bertz CT molecular complexity index is 525. The molecule has 0 radical (unpaired) electrons. The maximum absolute atomic E-state index is 12.1. The molecule has 21 heavy (non-hydrogen) atoms. The number of fused-ring (bicyclic) bond motifs is 1. The SMILES string of the molecule is CCNC(=O)C(C)(C)CNc1nc(C)nc2c1CCCC2. The maximum Gasteiger partial charge on any atom is 0.227 e. The standard InChI is InChI=1S/C16H26N4O/c1-5-17-15(21)16(3,4)10-18-14-12-8-6-7-9-13(12)19-11(2)20-14/h5-10H2,1-4H3,(H,17,21)(H,18,19,20).